The van der Waals surface area contributed by atoms with Crippen molar-refractivity contribution in [3.05, 3.63) is 66.2 Å². The monoisotopic (exact) mass is 329 g/mol. The number of aliphatic imine (C=N–C) groups is 1. The van der Waals surface area contributed by atoms with E-state index in [0.717, 1.165) is 6.42 Å². The minimum absolute atomic E-state index is 0.140. The second kappa shape index (κ2) is 5.95. The van der Waals surface area contributed by atoms with Crippen LogP contribution in [0.5, 0.6) is 0 Å². The molecule has 20 heavy (non-hydrogen) atoms. The fourth-order valence-electron chi connectivity index (χ4n) is 2.52. The summed E-state index contributed by atoms with van der Waals surface area (Å²) in [4.78, 5) is 5.04. The van der Waals surface area contributed by atoms with E-state index in [1.807, 2.05) is 0 Å². The Labute approximate surface area is 127 Å². The third kappa shape index (κ3) is 3.20. The van der Waals surface area contributed by atoms with Crippen molar-refractivity contribution in [3.63, 3.8) is 0 Å². The first-order chi connectivity index (χ1) is 9.75. The molecule has 1 nitrogen and oxygen atoms in total. The summed E-state index contributed by atoms with van der Waals surface area (Å²) in [6.07, 6.45) is 2.30. The average Bonchev–Trinajstić information content (AvgIpc) is 2.90. The van der Waals surface area contributed by atoms with E-state index in [9.17, 15) is 0 Å². The SMILES string of the molecule is CC1(C[Se]c2ccccc2)CCC(c2ccccc2)=N1. The van der Waals surface area contributed by atoms with Crippen LogP contribution in [0.15, 0.2) is 65.7 Å². The van der Waals surface area contributed by atoms with Crippen molar-refractivity contribution in [1.82, 2.24) is 0 Å². The van der Waals surface area contributed by atoms with Gasteiger partial charge in [0.05, 0.1) is 0 Å². The van der Waals surface area contributed by atoms with Crippen LogP contribution < -0.4 is 4.46 Å². The first-order valence-electron chi connectivity index (χ1n) is 7.07. The Morgan fingerprint density at radius 3 is 2.35 bits per heavy atom. The van der Waals surface area contributed by atoms with Gasteiger partial charge >= 0.3 is 127 Å². The summed E-state index contributed by atoms with van der Waals surface area (Å²) in [5, 5.41) is 1.19. The van der Waals surface area contributed by atoms with Crippen molar-refractivity contribution in [2.45, 2.75) is 30.6 Å². The molecule has 0 bridgehead atoms. The van der Waals surface area contributed by atoms with E-state index in [4.69, 9.17) is 4.99 Å². The molecule has 0 aromatic heterocycles. The van der Waals surface area contributed by atoms with Crippen molar-refractivity contribution in [2.75, 3.05) is 0 Å². The summed E-state index contributed by atoms with van der Waals surface area (Å²) >= 11 is 0.519. The molecular formula is C18H19NSe. The fourth-order valence-corrected chi connectivity index (χ4v) is 4.70. The van der Waals surface area contributed by atoms with Crippen molar-refractivity contribution >= 4 is 25.1 Å². The number of hydrogen-bond donors (Lipinski definition) is 0. The van der Waals surface area contributed by atoms with Gasteiger partial charge in [-0.3, -0.25) is 0 Å². The minimum atomic E-state index is 0.140. The average molecular weight is 328 g/mol. The molecule has 1 atom stereocenters. The van der Waals surface area contributed by atoms with Crippen molar-refractivity contribution < 1.29 is 0 Å². The first kappa shape index (κ1) is 13.6. The zero-order valence-electron chi connectivity index (χ0n) is 11.8. The molecule has 0 fully saturated rings. The van der Waals surface area contributed by atoms with E-state index < -0.39 is 0 Å². The first-order valence-corrected chi connectivity index (χ1v) is 9.14. The second-order valence-corrected chi connectivity index (χ2v) is 7.72. The predicted molar refractivity (Wildman–Crippen MR) is 87.3 cm³/mol. The third-order valence-corrected chi connectivity index (χ3v) is 6.58. The van der Waals surface area contributed by atoms with Crippen LogP contribution in [-0.4, -0.2) is 26.2 Å². The van der Waals surface area contributed by atoms with Crippen LogP contribution in [-0.2, 0) is 0 Å². The van der Waals surface area contributed by atoms with Gasteiger partial charge in [0.25, 0.3) is 0 Å². The molecule has 0 N–H and O–H groups in total. The fraction of sp³-hybridized carbons (Fsp3) is 0.278. The van der Waals surface area contributed by atoms with Gasteiger partial charge in [-0.1, -0.05) is 0 Å². The molecule has 3 rings (SSSR count). The topological polar surface area (TPSA) is 12.4 Å². The molecule has 0 spiro atoms. The molecule has 1 aliphatic heterocycles. The van der Waals surface area contributed by atoms with Gasteiger partial charge < -0.3 is 0 Å². The summed E-state index contributed by atoms with van der Waals surface area (Å²) in [5.74, 6) is 0. The van der Waals surface area contributed by atoms with Crippen LogP contribution in [0.25, 0.3) is 0 Å². The van der Waals surface area contributed by atoms with Gasteiger partial charge in [-0.05, 0) is 0 Å². The summed E-state index contributed by atoms with van der Waals surface area (Å²) in [6, 6.07) is 21.4. The molecule has 2 heteroatoms. The molecule has 1 unspecified atom stereocenters. The van der Waals surface area contributed by atoms with E-state index in [0.29, 0.717) is 15.0 Å². The van der Waals surface area contributed by atoms with Gasteiger partial charge in [-0.15, -0.1) is 0 Å². The van der Waals surface area contributed by atoms with E-state index in [1.165, 1.54) is 27.5 Å². The van der Waals surface area contributed by atoms with E-state index >= 15 is 0 Å². The molecule has 2 aromatic carbocycles. The normalized spacial score (nSPS) is 21.8. The number of benzene rings is 2. The molecule has 2 aromatic rings. The Hall–Kier alpha value is -1.37. The van der Waals surface area contributed by atoms with E-state index in [-0.39, 0.29) is 5.54 Å². The predicted octanol–water partition coefficient (Wildman–Crippen LogP) is 3.48. The molecule has 1 heterocycles. The van der Waals surface area contributed by atoms with E-state index in [1.54, 1.807) is 0 Å². The van der Waals surface area contributed by atoms with Gasteiger partial charge in [0.2, 0.25) is 0 Å². The molecule has 0 saturated carbocycles. The molecule has 0 saturated heterocycles. The molecule has 0 radical (unpaired) electrons. The molecule has 0 amide bonds. The van der Waals surface area contributed by atoms with Crippen molar-refractivity contribution in [2.24, 2.45) is 4.99 Å². The van der Waals surface area contributed by atoms with Crippen LogP contribution in [0.3, 0.4) is 0 Å². The van der Waals surface area contributed by atoms with E-state index in [2.05, 4.69) is 67.6 Å². The molecule has 1 aliphatic rings. The summed E-state index contributed by atoms with van der Waals surface area (Å²) in [7, 11) is 0. The van der Waals surface area contributed by atoms with Crippen LogP contribution in [0, 0.1) is 0 Å². The Morgan fingerprint density at radius 1 is 1.00 bits per heavy atom. The Morgan fingerprint density at radius 2 is 1.65 bits per heavy atom. The van der Waals surface area contributed by atoms with Crippen molar-refractivity contribution in [1.29, 1.82) is 0 Å². The zero-order valence-corrected chi connectivity index (χ0v) is 13.5. The summed E-state index contributed by atoms with van der Waals surface area (Å²) in [6.45, 7) is 2.31. The van der Waals surface area contributed by atoms with Gasteiger partial charge in [0.15, 0.2) is 0 Å². The maximum absolute atomic E-state index is 5.04. The Kier molecular flexibility index (Phi) is 4.05. The van der Waals surface area contributed by atoms with Gasteiger partial charge in [-0.25, -0.2) is 0 Å². The molecule has 0 aliphatic carbocycles. The Bertz CT molecular complexity index is 591. The summed E-state index contributed by atoms with van der Waals surface area (Å²) < 4.78 is 1.48. The van der Waals surface area contributed by atoms with Gasteiger partial charge in [-0.2, -0.15) is 0 Å². The van der Waals surface area contributed by atoms with Crippen molar-refractivity contribution in [3.8, 4) is 0 Å². The van der Waals surface area contributed by atoms with Gasteiger partial charge in [0, 0.05) is 0 Å². The van der Waals surface area contributed by atoms with Gasteiger partial charge in [0.1, 0.15) is 0 Å². The molecular weight excluding hydrogens is 309 g/mol. The Balaban J connectivity index is 1.69. The van der Waals surface area contributed by atoms with Crippen LogP contribution in [0.4, 0.5) is 0 Å². The second-order valence-electron chi connectivity index (χ2n) is 5.52. The molecule has 102 valence electrons. The number of nitrogens with zero attached hydrogens (tertiary/aromatic N) is 1. The zero-order chi connectivity index (χ0) is 13.8. The quantitative estimate of drug-likeness (QED) is 0.762. The van der Waals surface area contributed by atoms with Crippen LogP contribution in [0.1, 0.15) is 25.3 Å². The van der Waals surface area contributed by atoms with Crippen LogP contribution in [0.2, 0.25) is 5.32 Å². The number of rotatable bonds is 4. The standard InChI is InChI=1S/C18H19NSe/c1-18(14-20-16-10-6-3-7-11-16)13-12-17(19-18)15-8-4-2-5-9-15/h2-11H,12-14H2,1H3. The number of hydrogen-bond acceptors (Lipinski definition) is 1. The van der Waals surface area contributed by atoms with Crippen LogP contribution >= 0.6 is 0 Å². The maximum atomic E-state index is 5.04. The third-order valence-electron chi connectivity index (χ3n) is 3.71. The summed E-state index contributed by atoms with van der Waals surface area (Å²) in [5.41, 5.74) is 2.72.